The van der Waals surface area contributed by atoms with Gasteiger partial charge in [0.1, 0.15) is 0 Å². The van der Waals surface area contributed by atoms with Crippen molar-refractivity contribution < 1.29 is 14.7 Å². The fourth-order valence-electron chi connectivity index (χ4n) is 4.06. The molecule has 2 unspecified atom stereocenters. The van der Waals surface area contributed by atoms with Crippen LogP contribution in [0.3, 0.4) is 0 Å². The number of carboxylic acid groups (broad SMARTS) is 1. The van der Waals surface area contributed by atoms with E-state index in [0.29, 0.717) is 13.0 Å². The molecule has 0 aromatic heterocycles. The Morgan fingerprint density at radius 1 is 1.08 bits per heavy atom. The fourth-order valence-corrected chi connectivity index (χ4v) is 4.06. The van der Waals surface area contributed by atoms with Gasteiger partial charge in [0.05, 0.1) is 17.3 Å². The number of hydrogen-bond acceptors (Lipinski definition) is 3. The van der Waals surface area contributed by atoms with E-state index in [-0.39, 0.29) is 18.5 Å². The number of amides is 2. The summed E-state index contributed by atoms with van der Waals surface area (Å²) >= 11 is 0. The highest BCUT2D eigenvalue weighted by Gasteiger charge is 2.32. The summed E-state index contributed by atoms with van der Waals surface area (Å²) in [4.78, 5) is 28.1. The summed E-state index contributed by atoms with van der Waals surface area (Å²) in [6.07, 6.45) is 5.49. The summed E-state index contributed by atoms with van der Waals surface area (Å²) in [6, 6.07) is 7.71. The van der Waals surface area contributed by atoms with Crippen LogP contribution in [0, 0.1) is 11.8 Å². The lowest BCUT2D eigenvalue weighted by molar-refractivity contribution is -0.143. The number of urea groups is 1. The Hall–Kier alpha value is -2.24. The maximum Gasteiger partial charge on any atom is 0.321 e. The number of carboxylic acids is 1. The molecule has 0 radical (unpaired) electrons. The number of hydrogen-bond donors (Lipinski definition) is 2. The molecule has 2 amide bonds. The molecule has 0 saturated carbocycles. The second kappa shape index (κ2) is 8.43. The minimum atomic E-state index is -0.820. The molecule has 2 atom stereocenters. The molecule has 2 aliphatic heterocycles. The summed E-state index contributed by atoms with van der Waals surface area (Å²) < 4.78 is 0. The summed E-state index contributed by atoms with van der Waals surface area (Å²) in [5, 5.41) is 12.4. The normalized spacial score (nSPS) is 24.0. The molecule has 0 aliphatic carbocycles. The number of para-hydroxylation sites is 2. The zero-order chi connectivity index (χ0) is 18.5. The largest absolute Gasteiger partial charge is 0.481 e. The molecule has 2 fully saturated rings. The van der Waals surface area contributed by atoms with Crippen molar-refractivity contribution in [2.45, 2.75) is 39.0 Å². The van der Waals surface area contributed by atoms with E-state index in [1.807, 2.05) is 25.1 Å². The molecule has 6 nitrogen and oxygen atoms in total. The molecule has 2 heterocycles. The molecule has 2 saturated heterocycles. The van der Waals surface area contributed by atoms with Crippen LogP contribution in [-0.2, 0) is 4.79 Å². The van der Waals surface area contributed by atoms with Crippen molar-refractivity contribution in [2.75, 3.05) is 36.4 Å². The number of anilines is 2. The van der Waals surface area contributed by atoms with Crippen LogP contribution in [0.2, 0.25) is 0 Å². The van der Waals surface area contributed by atoms with Crippen LogP contribution in [0.1, 0.15) is 39.0 Å². The third-order valence-corrected chi connectivity index (χ3v) is 5.39. The predicted molar refractivity (Wildman–Crippen MR) is 103 cm³/mol. The number of rotatable bonds is 3. The lowest BCUT2D eigenvalue weighted by Gasteiger charge is -2.35. The fraction of sp³-hybridized carbons (Fsp3) is 0.600. The summed E-state index contributed by atoms with van der Waals surface area (Å²) in [5.41, 5.74) is 1.87. The molecule has 3 rings (SSSR count). The predicted octanol–water partition coefficient (Wildman–Crippen LogP) is 3.64. The molecule has 2 N–H and O–H groups in total. The molecule has 26 heavy (non-hydrogen) atoms. The Morgan fingerprint density at radius 3 is 2.46 bits per heavy atom. The van der Waals surface area contributed by atoms with Gasteiger partial charge in [-0.1, -0.05) is 31.9 Å². The van der Waals surface area contributed by atoms with E-state index in [2.05, 4.69) is 16.3 Å². The van der Waals surface area contributed by atoms with E-state index in [9.17, 15) is 14.7 Å². The molecule has 2 aliphatic rings. The maximum absolute atomic E-state index is 12.8. The average molecular weight is 359 g/mol. The zero-order valence-electron chi connectivity index (χ0n) is 15.5. The lowest BCUT2D eigenvalue weighted by atomic mass is 9.91. The molecule has 1 aromatic carbocycles. The third-order valence-electron chi connectivity index (χ3n) is 5.39. The number of carbonyl (C=O) groups is 2. The van der Waals surface area contributed by atoms with Crippen LogP contribution < -0.4 is 10.2 Å². The Labute approximate surface area is 155 Å². The van der Waals surface area contributed by atoms with Gasteiger partial charge in [0.25, 0.3) is 0 Å². The highest BCUT2D eigenvalue weighted by atomic mass is 16.4. The SMILES string of the molecule is CC1CC(C(=O)O)CN(C(=O)Nc2ccccc2N2CCCCCC2)C1. The number of benzene rings is 1. The van der Waals surface area contributed by atoms with E-state index in [0.717, 1.165) is 24.5 Å². The van der Waals surface area contributed by atoms with Crippen LogP contribution >= 0.6 is 0 Å². The Bertz CT molecular complexity index is 641. The van der Waals surface area contributed by atoms with Crippen LogP contribution in [0.25, 0.3) is 0 Å². The summed E-state index contributed by atoms with van der Waals surface area (Å²) in [6.45, 7) is 4.89. The molecular weight excluding hydrogens is 330 g/mol. The van der Waals surface area contributed by atoms with Gasteiger partial charge in [-0.05, 0) is 37.3 Å². The smallest absolute Gasteiger partial charge is 0.321 e. The molecular formula is C20H29N3O3. The first kappa shape index (κ1) is 18.5. The first-order valence-electron chi connectivity index (χ1n) is 9.67. The minimum absolute atomic E-state index is 0.191. The van der Waals surface area contributed by atoms with Crippen molar-refractivity contribution in [2.24, 2.45) is 11.8 Å². The number of likely N-dealkylation sites (tertiary alicyclic amines) is 1. The monoisotopic (exact) mass is 359 g/mol. The topological polar surface area (TPSA) is 72.9 Å². The molecule has 0 spiro atoms. The quantitative estimate of drug-likeness (QED) is 0.864. The van der Waals surface area contributed by atoms with Crippen LogP contribution in [0.4, 0.5) is 16.2 Å². The van der Waals surface area contributed by atoms with Crippen molar-refractivity contribution in [3.8, 4) is 0 Å². The standard InChI is InChI=1S/C20H29N3O3/c1-15-12-16(19(24)25)14-23(13-15)20(26)21-17-8-4-5-9-18(17)22-10-6-2-3-7-11-22/h4-5,8-9,15-16H,2-3,6-7,10-14H2,1H3,(H,21,26)(H,24,25). The van der Waals surface area contributed by atoms with Crippen molar-refractivity contribution in [3.63, 3.8) is 0 Å². The third kappa shape index (κ3) is 4.48. The van der Waals surface area contributed by atoms with Gasteiger partial charge in [-0.25, -0.2) is 4.79 Å². The first-order chi connectivity index (χ1) is 12.5. The Morgan fingerprint density at radius 2 is 1.77 bits per heavy atom. The van der Waals surface area contributed by atoms with Gasteiger partial charge in [-0.3, -0.25) is 4.79 Å². The molecule has 142 valence electrons. The van der Waals surface area contributed by atoms with E-state index < -0.39 is 11.9 Å². The van der Waals surface area contributed by atoms with Gasteiger partial charge in [0.2, 0.25) is 0 Å². The highest BCUT2D eigenvalue weighted by molar-refractivity contribution is 5.93. The molecule has 6 heteroatoms. The van der Waals surface area contributed by atoms with Crippen molar-refractivity contribution in [3.05, 3.63) is 24.3 Å². The average Bonchev–Trinajstić information content (AvgIpc) is 2.91. The molecule has 1 aromatic rings. The van der Waals surface area contributed by atoms with E-state index in [1.165, 1.54) is 25.7 Å². The van der Waals surface area contributed by atoms with Crippen molar-refractivity contribution in [1.29, 1.82) is 0 Å². The van der Waals surface area contributed by atoms with Crippen molar-refractivity contribution >= 4 is 23.4 Å². The Balaban J connectivity index is 1.72. The lowest BCUT2D eigenvalue weighted by Crippen LogP contribution is -2.47. The second-order valence-electron chi connectivity index (χ2n) is 7.63. The van der Waals surface area contributed by atoms with Gasteiger partial charge in [0, 0.05) is 26.2 Å². The highest BCUT2D eigenvalue weighted by Crippen LogP contribution is 2.29. The summed E-state index contributed by atoms with van der Waals surface area (Å²) in [7, 11) is 0. The number of aliphatic carboxylic acids is 1. The number of nitrogens with one attached hydrogen (secondary N) is 1. The van der Waals surface area contributed by atoms with Gasteiger partial charge >= 0.3 is 12.0 Å². The van der Waals surface area contributed by atoms with Crippen LogP contribution in [-0.4, -0.2) is 48.2 Å². The van der Waals surface area contributed by atoms with Gasteiger partial charge in [-0.2, -0.15) is 0 Å². The van der Waals surface area contributed by atoms with Crippen molar-refractivity contribution in [1.82, 2.24) is 4.90 Å². The minimum Gasteiger partial charge on any atom is -0.481 e. The maximum atomic E-state index is 12.8. The Kier molecular flexibility index (Phi) is 6.01. The van der Waals surface area contributed by atoms with Crippen LogP contribution in [0.5, 0.6) is 0 Å². The summed E-state index contributed by atoms with van der Waals surface area (Å²) in [5.74, 6) is -1.11. The van der Waals surface area contributed by atoms with E-state index in [1.54, 1.807) is 4.90 Å². The number of nitrogens with zero attached hydrogens (tertiary/aromatic N) is 2. The van der Waals surface area contributed by atoms with E-state index in [4.69, 9.17) is 0 Å². The molecule has 0 bridgehead atoms. The van der Waals surface area contributed by atoms with E-state index >= 15 is 0 Å². The number of carbonyl (C=O) groups excluding carboxylic acids is 1. The zero-order valence-corrected chi connectivity index (χ0v) is 15.5. The second-order valence-corrected chi connectivity index (χ2v) is 7.63. The first-order valence-corrected chi connectivity index (χ1v) is 9.67. The number of piperidine rings is 1. The van der Waals surface area contributed by atoms with Gasteiger partial charge < -0.3 is 20.2 Å². The van der Waals surface area contributed by atoms with Crippen LogP contribution in [0.15, 0.2) is 24.3 Å². The van der Waals surface area contributed by atoms with Gasteiger partial charge in [-0.15, -0.1) is 0 Å². The van der Waals surface area contributed by atoms with Gasteiger partial charge in [0.15, 0.2) is 0 Å².